The van der Waals surface area contributed by atoms with Crippen LogP contribution in [0.3, 0.4) is 0 Å². The average Bonchev–Trinajstić information content (AvgIpc) is 3.29. The summed E-state index contributed by atoms with van der Waals surface area (Å²) in [6.45, 7) is 0. The van der Waals surface area contributed by atoms with Gasteiger partial charge in [0.2, 0.25) is 0 Å². The summed E-state index contributed by atoms with van der Waals surface area (Å²) >= 11 is 14.0. The molecule has 0 saturated carbocycles. The molecule has 1 aliphatic heterocycles. The van der Waals surface area contributed by atoms with Gasteiger partial charge < -0.3 is 0 Å². The molecule has 0 unspecified atom stereocenters. The summed E-state index contributed by atoms with van der Waals surface area (Å²) in [5.74, 6) is -0.363. The number of nitrogens with one attached hydrogen (secondary N) is 1. The van der Waals surface area contributed by atoms with E-state index in [0.29, 0.717) is 31.4 Å². The van der Waals surface area contributed by atoms with E-state index in [9.17, 15) is 9.59 Å². The largest absolute Gasteiger partial charge is 0.298 e. The molecule has 1 fully saturated rings. The summed E-state index contributed by atoms with van der Waals surface area (Å²) in [6.07, 6.45) is 4.18. The third-order valence-electron chi connectivity index (χ3n) is 4.55. The van der Waals surface area contributed by atoms with E-state index in [1.807, 2.05) is 24.3 Å². The van der Waals surface area contributed by atoms with Crippen LogP contribution in [0.2, 0.25) is 5.02 Å². The Kier molecular flexibility index (Phi) is 6.52. The van der Waals surface area contributed by atoms with E-state index in [0.717, 1.165) is 16.0 Å². The Hall–Kier alpha value is -2.52. The normalized spacial score (nSPS) is 15.0. The number of carbonyl (C=O) groups is 2. The van der Waals surface area contributed by atoms with Crippen molar-refractivity contribution in [1.29, 1.82) is 0 Å². The van der Waals surface area contributed by atoms with Crippen molar-refractivity contribution in [1.82, 2.24) is 9.88 Å². The van der Waals surface area contributed by atoms with Crippen LogP contribution in [-0.2, 0) is 11.2 Å². The number of hydrogen-bond acceptors (Lipinski definition) is 6. The van der Waals surface area contributed by atoms with Gasteiger partial charge in [-0.2, -0.15) is 0 Å². The first kappa shape index (κ1) is 21.7. The van der Waals surface area contributed by atoms with Gasteiger partial charge >= 0.3 is 0 Å². The fourth-order valence-electron chi connectivity index (χ4n) is 2.87. The fraction of sp³-hybridized carbons (Fsp3) is 0.0909. The number of thioether (sulfide) groups is 1. The van der Waals surface area contributed by atoms with Crippen molar-refractivity contribution < 1.29 is 9.59 Å². The van der Waals surface area contributed by atoms with Crippen molar-refractivity contribution in [3.05, 3.63) is 86.2 Å². The molecule has 1 N–H and O–H groups in total. The van der Waals surface area contributed by atoms with Gasteiger partial charge in [0, 0.05) is 35.1 Å². The van der Waals surface area contributed by atoms with Crippen LogP contribution in [0.15, 0.2) is 59.6 Å². The van der Waals surface area contributed by atoms with Crippen LogP contribution < -0.4 is 5.32 Å². The van der Waals surface area contributed by atoms with Gasteiger partial charge in [-0.25, -0.2) is 4.98 Å². The topological polar surface area (TPSA) is 62.3 Å². The summed E-state index contributed by atoms with van der Waals surface area (Å²) in [6, 6.07) is 14.7. The maximum Gasteiger partial charge on any atom is 0.265 e. The van der Waals surface area contributed by atoms with Crippen molar-refractivity contribution in [2.45, 2.75) is 6.42 Å². The van der Waals surface area contributed by atoms with Crippen molar-refractivity contribution >= 4 is 74.3 Å². The lowest BCUT2D eigenvalue weighted by Crippen LogP contribution is -2.22. The molecule has 156 valence electrons. The second-order valence-corrected chi connectivity index (χ2v) is 9.91. The van der Waals surface area contributed by atoms with Gasteiger partial charge in [0.1, 0.15) is 4.32 Å². The molecule has 0 aliphatic carbocycles. The van der Waals surface area contributed by atoms with E-state index < -0.39 is 0 Å². The molecular weight excluding hydrogens is 470 g/mol. The highest BCUT2D eigenvalue weighted by Crippen LogP contribution is 2.31. The summed E-state index contributed by atoms with van der Waals surface area (Å²) < 4.78 is 0.532. The van der Waals surface area contributed by atoms with Crippen LogP contribution in [0, 0.1) is 0 Å². The number of hydrogen-bond donors (Lipinski definition) is 1. The summed E-state index contributed by atoms with van der Waals surface area (Å²) in [4.78, 5) is 32.0. The van der Waals surface area contributed by atoms with Crippen LogP contribution in [0.5, 0.6) is 0 Å². The predicted octanol–water partition coefficient (Wildman–Crippen LogP) is 5.47. The second kappa shape index (κ2) is 9.32. The molecule has 1 saturated heterocycles. The molecule has 0 spiro atoms. The van der Waals surface area contributed by atoms with Gasteiger partial charge in [-0.05, 0) is 35.4 Å². The van der Waals surface area contributed by atoms with Crippen molar-refractivity contribution in [2.75, 3.05) is 12.4 Å². The number of nitrogens with zero attached hydrogens (tertiary/aromatic N) is 2. The molecule has 2 aromatic carbocycles. The standard InChI is InChI=1S/C22H16ClN3O2S3/c1-26-20(28)18(31-22(26)29)10-13-6-8-14(9-7-13)19(27)25-21-24-12-16(30-21)11-15-4-2-3-5-17(15)23/h2-10,12H,11H2,1H3,(H,24,25,27)/b18-10-. The monoisotopic (exact) mass is 485 g/mol. The minimum absolute atomic E-state index is 0.117. The fourth-order valence-corrected chi connectivity index (χ4v) is 5.09. The predicted molar refractivity (Wildman–Crippen MR) is 132 cm³/mol. The lowest BCUT2D eigenvalue weighted by atomic mass is 10.1. The van der Waals surface area contributed by atoms with Crippen LogP contribution in [0.4, 0.5) is 5.13 Å². The number of thiazole rings is 1. The van der Waals surface area contributed by atoms with Crippen molar-refractivity contribution in [2.24, 2.45) is 0 Å². The van der Waals surface area contributed by atoms with E-state index in [4.69, 9.17) is 23.8 Å². The SMILES string of the molecule is CN1C(=O)/C(=C/c2ccc(C(=O)Nc3ncc(Cc4ccccc4Cl)s3)cc2)SC1=S. The molecule has 31 heavy (non-hydrogen) atoms. The molecule has 9 heteroatoms. The maximum atomic E-state index is 12.6. The van der Waals surface area contributed by atoms with Gasteiger partial charge in [0.25, 0.3) is 11.8 Å². The van der Waals surface area contributed by atoms with E-state index in [2.05, 4.69) is 10.3 Å². The van der Waals surface area contributed by atoms with Gasteiger partial charge in [-0.15, -0.1) is 11.3 Å². The van der Waals surface area contributed by atoms with Crippen molar-refractivity contribution in [3.63, 3.8) is 0 Å². The maximum absolute atomic E-state index is 12.6. The number of anilines is 1. The quantitative estimate of drug-likeness (QED) is 0.383. The van der Waals surface area contributed by atoms with Crippen LogP contribution in [-0.4, -0.2) is 33.1 Å². The number of halogens is 1. The molecule has 2 heterocycles. The lowest BCUT2D eigenvalue weighted by molar-refractivity contribution is -0.121. The molecule has 4 rings (SSSR count). The van der Waals surface area contributed by atoms with E-state index >= 15 is 0 Å². The van der Waals surface area contributed by atoms with E-state index in [1.54, 1.807) is 43.6 Å². The van der Waals surface area contributed by atoms with Gasteiger partial charge in [0.15, 0.2) is 5.13 Å². The molecule has 1 aromatic heterocycles. The zero-order valence-corrected chi connectivity index (χ0v) is 19.5. The van der Waals surface area contributed by atoms with Gasteiger partial charge in [-0.3, -0.25) is 19.8 Å². The Morgan fingerprint density at radius 2 is 1.97 bits per heavy atom. The highest BCUT2D eigenvalue weighted by molar-refractivity contribution is 8.26. The number of likely N-dealkylation sites (N-methyl/N-ethyl adjacent to an activating group) is 1. The second-order valence-electron chi connectivity index (χ2n) is 6.72. The molecule has 0 radical (unpaired) electrons. The van der Waals surface area contributed by atoms with E-state index in [1.165, 1.54) is 28.0 Å². The first-order valence-corrected chi connectivity index (χ1v) is 11.6. The highest BCUT2D eigenvalue weighted by atomic mass is 35.5. The Morgan fingerprint density at radius 1 is 1.23 bits per heavy atom. The Balaban J connectivity index is 1.40. The number of carbonyl (C=O) groups excluding carboxylic acids is 2. The average molecular weight is 486 g/mol. The minimum atomic E-state index is -0.245. The van der Waals surface area contributed by atoms with Gasteiger partial charge in [0.05, 0.1) is 4.91 Å². The third-order valence-corrected chi connectivity index (χ3v) is 7.32. The molecule has 0 atom stereocenters. The molecule has 1 aliphatic rings. The van der Waals surface area contributed by atoms with Crippen LogP contribution in [0.25, 0.3) is 6.08 Å². The molecule has 3 aromatic rings. The first-order chi connectivity index (χ1) is 14.9. The minimum Gasteiger partial charge on any atom is -0.298 e. The summed E-state index contributed by atoms with van der Waals surface area (Å²) in [5, 5.41) is 4.07. The lowest BCUT2D eigenvalue weighted by Gasteiger charge is -2.04. The highest BCUT2D eigenvalue weighted by Gasteiger charge is 2.28. The molecule has 0 bridgehead atoms. The van der Waals surface area contributed by atoms with Crippen molar-refractivity contribution in [3.8, 4) is 0 Å². The zero-order valence-electron chi connectivity index (χ0n) is 16.3. The first-order valence-electron chi connectivity index (χ1n) is 9.22. The number of thiocarbonyl (C=S) groups is 1. The molecular formula is C22H16ClN3O2S3. The van der Waals surface area contributed by atoms with Crippen LogP contribution >= 0.6 is 46.9 Å². The molecule has 2 amide bonds. The third kappa shape index (κ3) is 5.04. The Labute approximate surface area is 198 Å². The number of aromatic nitrogens is 1. The van der Waals surface area contributed by atoms with Gasteiger partial charge in [-0.1, -0.05) is 65.9 Å². The summed E-state index contributed by atoms with van der Waals surface area (Å²) in [7, 11) is 1.66. The summed E-state index contributed by atoms with van der Waals surface area (Å²) in [5.41, 5.74) is 2.34. The Morgan fingerprint density at radius 3 is 2.65 bits per heavy atom. The zero-order chi connectivity index (χ0) is 22.0. The van der Waals surface area contributed by atoms with E-state index in [-0.39, 0.29) is 11.8 Å². The number of benzene rings is 2. The van der Waals surface area contributed by atoms with Crippen LogP contribution in [0.1, 0.15) is 26.4 Å². The number of rotatable bonds is 5. The molecule has 5 nitrogen and oxygen atoms in total. The number of amides is 2. The Bertz CT molecular complexity index is 1200. The smallest absolute Gasteiger partial charge is 0.265 e.